The molecular weight excluding hydrogens is 473 g/mol. The standard InChI is InChI=1S/C23H19F3N2O5S/c1-32-20-9-5-6-16(12-20)13-22(29)28-27-15-17-14-18(23(24,25)26)10-11-21(17)34(30,31)33-19-7-3-2-4-8-19/h2-12,14H,13,15H2,1H3. The number of para-hydroxylation sites is 1. The van der Waals surface area contributed by atoms with E-state index in [2.05, 4.69) is 10.2 Å². The fourth-order valence-corrected chi connectivity index (χ4v) is 4.09. The van der Waals surface area contributed by atoms with Crippen LogP contribution in [0.4, 0.5) is 13.2 Å². The third-order valence-electron chi connectivity index (χ3n) is 4.52. The Hall–Kier alpha value is -3.73. The summed E-state index contributed by atoms with van der Waals surface area (Å²) in [5.41, 5.74) is -0.787. The highest BCUT2D eigenvalue weighted by Crippen LogP contribution is 2.32. The summed E-state index contributed by atoms with van der Waals surface area (Å²) in [4.78, 5) is 11.6. The van der Waals surface area contributed by atoms with Crippen LogP contribution < -0.4 is 8.92 Å². The van der Waals surface area contributed by atoms with Crippen molar-refractivity contribution in [3.05, 3.63) is 89.5 Å². The third-order valence-corrected chi connectivity index (χ3v) is 5.87. The van der Waals surface area contributed by atoms with Crippen LogP contribution in [-0.2, 0) is 34.1 Å². The Labute approximate surface area is 194 Å². The maximum Gasteiger partial charge on any atom is 0.416 e. The van der Waals surface area contributed by atoms with Crippen LogP contribution in [0.15, 0.2) is 87.9 Å². The second kappa shape index (κ2) is 10.5. The number of hydrogen-bond acceptors (Lipinski definition) is 6. The molecule has 11 heteroatoms. The lowest BCUT2D eigenvalue weighted by Gasteiger charge is -2.13. The third kappa shape index (κ3) is 6.64. The summed E-state index contributed by atoms with van der Waals surface area (Å²) in [5.74, 6) is -0.131. The molecule has 0 heterocycles. The molecule has 3 aromatic carbocycles. The maximum atomic E-state index is 13.2. The number of rotatable bonds is 8. The van der Waals surface area contributed by atoms with Crippen LogP contribution in [-0.4, -0.2) is 21.4 Å². The van der Waals surface area contributed by atoms with Crippen molar-refractivity contribution in [3.63, 3.8) is 0 Å². The molecule has 34 heavy (non-hydrogen) atoms. The lowest BCUT2D eigenvalue weighted by molar-refractivity contribution is -0.137. The monoisotopic (exact) mass is 492 g/mol. The lowest BCUT2D eigenvalue weighted by atomic mass is 10.1. The van der Waals surface area contributed by atoms with Crippen LogP contribution in [0.25, 0.3) is 0 Å². The number of ether oxygens (including phenoxy) is 1. The fourth-order valence-electron chi connectivity index (χ4n) is 2.95. The average Bonchev–Trinajstić information content (AvgIpc) is 2.79. The summed E-state index contributed by atoms with van der Waals surface area (Å²) in [6, 6.07) is 16.3. The predicted molar refractivity (Wildman–Crippen MR) is 116 cm³/mol. The van der Waals surface area contributed by atoms with Crippen LogP contribution in [0.1, 0.15) is 16.7 Å². The highest BCUT2D eigenvalue weighted by atomic mass is 32.2. The van der Waals surface area contributed by atoms with Gasteiger partial charge in [0.1, 0.15) is 16.4 Å². The summed E-state index contributed by atoms with van der Waals surface area (Å²) in [6.07, 6.45) is -4.83. The van der Waals surface area contributed by atoms with Gasteiger partial charge < -0.3 is 8.92 Å². The van der Waals surface area contributed by atoms with E-state index in [0.29, 0.717) is 23.4 Å². The molecule has 0 saturated carbocycles. The van der Waals surface area contributed by atoms with Gasteiger partial charge in [0.2, 0.25) is 0 Å². The molecule has 0 bridgehead atoms. The number of carbonyl (C=O) groups is 1. The zero-order chi connectivity index (χ0) is 24.8. The van der Waals surface area contributed by atoms with Crippen molar-refractivity contribution >= 4 is 16.0 Å². The van der Waals surface area contributed by atoms with Crippen molar-refractivity contribution in [1.29, 1.82) is 0 Å². The lowest BCUT2D eigenvalue weighted by Crippen LogP contribution is -2.14. The van der Waals surface area contributed by atoms with E-state index in [1.807, 2.05) is 0 Å². The van der Waals surface area contributed by atoms with E-state index in [9.17, 15) is 26.4 Å². The van der Waals surface area contributed by atoms with Crippen molar-refractivity contribution in [2.45, 2.75) is 24.0 Å². The van der Waals surface area contributed by atoms with Gasteiger partial charge in [-0.05, 0) is 53.6 Å². The van der Waals surface area contributed by atoms with E-state index >= 15 is 0 Å². The first-order valence-electron chi connectivity index (χ1n) is 9.81. The molecule has 0 fully saturated rings. The van der Waals surface area contributed by atoms with Crippen LogP contribution >= 0.6 is 0 Å². The SMILES string of the molecule is COc1cccc(CC(=O)N=NCc2cc(C(F)(F)F)ccc2S(=O)(=O)Oc2ccccc2)c1. The molecule has 3 aromatic rings. The Bertz CT molecular complexity index is 1290. The molecule has 0 unspecified atom stereocenters. The summed E-state index contributed by atoms with van der Waals surface area (Å²) >= 11 is 0. The summed E-state index contributed by atoms with van der Waals surface area (Å²) < 4.78 is 75.1. The molecule has 0 aliphatic rings. The summed E-state index contributed by atoms with van der Waals surface area (Å²) in [7, 11) is -3.01. The van der Waals surface area contributed by atoms with Gasteiger partial charge in [-0.1, -0.05) is 30.3 Å². The molecular formula is C23H19F3N2O5S. The van der Waals surface area contributed by atoms with Gasteiger partial charge in [-0.15, -0.1) is 5.11 Å². The minimum Gasteiger partial charge on any atom is -0.497 e. The number of benzene rings is 3. The molecule has 0 saturated heterocycles. The van der Waals surface area contributed by atoms with Gasteiger partial charge in [0.05, 0.1) is 25.6 Å². The van der Waals surface area contributed by atoms with E-state index in [4.69, 9.17) is 8.92 Å². The largest absolute Gasteiger partial charge is 0.497 e. The van der Waals surface area contributed by atoms with E-state index in [1.165, 1.54) is 19.2 Å². The van der Waals surface area contributed by atoms with Crippen molar-refractivity contribution in [2.24, 2.45) is 10.2 Å². The molecule has 178 valence electrons. The van der Waals surface area contributed by atoms with Crippen LogP contribution in [0.5, 0.6) is 11.5 Å². The minimum absolute atomic E-state index is 0.0107. The average molecular weight is 492 g/mol. The zero-order valence-corrected chi connectivity index (χ0v) is 18.6. The van der Waals surface area contributed by atoms with Gasteiger partial charge in [0.25, 0.3) is 5.91 Å². The van der Waals surface area contributed by atoms with Crippen molar-refractivity contribution in [1.82, 2.24) is 0 Å². The minimum atomic E-state index is -4.71. The second-order valence-electron chi connectivity index (χ2n) is 6.99. The van der Waals surface area contributed by atoms with Crippen LogP contribution in [0, 0.1) is 0 Å². The number of carbonyl (C=O) groups excluding carboxylic acids is 1. The Morgan fingerprint density at radius 1 is 0.941 bits per heavy atom. The van der Waals surface area contributed by atoms with Gasteiger partial charge in [-0.25, -0.2) is 0 Å². The van der Waals surface area contributed by atoms with E-state index in [1.54, 1.807) is 42.5 Å². The number of hydrogen-bond donors (Lipinski definition) is 0. The molecule has 1 amide bonds. The number of nitrogens with zero attached hydrogens (tertiary/aromatic N) is 2. The second-order valence-corrected chi connectivity index (χ2v) is 8.51. The van der Waals surface area contributed by atoms with Gasteiger partial charge in [-0.2, -0.15) is 26.7 Å². The number of halogens is 3. The molecule has 7 nitrogen and oxygen atoms in total. The van der Waals surface area contributed by atoms with E-state index in [0.717, 1.165) is 6.07 Å². The molecule has 0 atom stereocenters. The normalized spacial score (nSPS) is 12.0. The van der Waals surface area contributed by atoms with Gasteiger partial charge in [0.15, 0.2) is 0 Å². The first kappa shape index (κ1) is 24.9. The number of alkyl halides is 3. The molecule has 0 aliphatic carbocycles. The molecule has 3 rings (SSSR count). The molecule has 0 N–H and O–H groups in total. The quantitative estimate of drug-likeness (QED) is 0.318. The molecule has 0 aromatic heterocycles. The Morgan fingerprint density at radius 3 is 2.32 bits per heavy atom. The van der Waals surface area contributed by atoms with E-state index in [-0.39, 0.29) is 17.7 Å². The van der Waals surface area contributed by atoms with Gasteiger partial charge >= 0.3 is 16.3 Å². The van der Waals surface area contributed by atoms with Crippen molar-refractivity contribution in [3.8, 4) is 11.5 Å². The molecule has 0 radical (unpaired) electrons. The molecule has 0 aliphatic heterocycles. The Morgan fingerprint density at radius 2 is 1.65 bits per heavy atom. The first-order valence-corrected chi connectivity index (χ1v) is 11.2. The molecule has 0 spiro atoms. The number of methoxy groups -OCH3 is 1. The number of azo groups is 1. The van der Waals surface area contributed by atoms with Gasteiger partial charge in [0, 0.05) is 0 Å². The summed E-state index contributed by atoms with van der Waals surface area (Å²) in [5, 5.41) is 7.14. The van der Waals surface area contributed by atoms with Crippen LogP contribution in [0.3, 0.4) is 0 Å². The number of amides is 1. The van der Waals surface area contributed by atoms with Gasteiger partial charge in [-0.3, -0.25) is 4.79 Å². The topological polar surface area (TPSA) is 94.4 Å². The smallest absolute Gasteiger partial charge is 0.416 e. The fraction of sp³-hybridized carbons (Fsp3) is 0.174. The first-order chi connectivity index (χ1) is 16.1. The van der Waals surface area contributed by atoms with Crippen LogP contribution in [0.2, 0.25) is 0 Å². The van der Waals surface area contributed by atoms with E-state index < -0.39 is 39.2 Å². The Balaban J connectivity index is 1.84. The predicted octanol–water partition coefficient (Wildman–Crippen LogP) is 5.20. The zero-order valence-electron chi connectivity index (χ0n) is 17.8. The Kier molecular flexibility index (Phi) is 7.67. The van der Waals surface area contributed by atoms with Crippen molar-refractivity contribution < 1.29 is 35.3 Å². The van der Waals surface area contributed by atoms with Crippen molar-refractivity contribution in [2.75, 3.05) is 7.11 Å². The highest BCUT2D eigenvalue weighted by molar-refractivity contribution is 7.87. The highest BCUT2D eigenvalue weighted by Gasteiger charge is 2.32. The summed E-state index contributed by atoms with van der Waals surface area (Å²) in [6.45, 7) is -0.583. The maximum absolute atomic E-state index is 13.2.